The molecule has 9 heteroatoms. The van der Waals surface area contributed by atoms with E-state index in [1.165, 1.54) is 0 Å². The molecule has 0 radical (unpaired) electrons. The summed E-state index contributed by atoms with van der Waals surface area (Å²) in [5.41, 5.74) is 4.18. The minimum absolute atomic E-state index is 0.0736. The maximum absolute atomic E-state index is 8.46. The maximum Gasteiger partial charge on any atom is 0.0809 e. The van der Waals surface area contributed by atoms with Crippen molar-refractivity contribution in [3.8, 4) is 0 Å². The van der Waals surface area contributed by atoms with Gasteiger partial charge in [0.1, 0.15) is 0 Å². The first-order valence-electron chi connectivity index (χ1n) is 7.31. The van der Waals surface area contributed by atoms with Gasteiger partial charge >= 0.3 is 0 Å². The number of rotatable bonds is 16. The van der Waals surface area contributed by atoms with Crippen molar-refractivity contribution in [2.45, 2.75) is 50.7 Å². The smallest absolute Gasteiger partial charge is 0.0809 e. The monoisotopic (exact) mass is 310 g/mol. The Morgan fingerprint density at radius 2 is 1.19 bits per heavy atom. The van der Waals surface area contributed by atoms with Gasteiger partial charge in [-0.2, -0.15) is 0 Å². The van der Waals surface area contributed by atoms with Gasteiger partial charge in [0.2, 0.25) is 0 Å². The highest BCUT2D eigenvalue weighted by atomic mass is 16.6. The summed E-state index contributed by atoms with van der Waals surface area (Å²) in [6.07, 6.45) is 4.33. The van der Waals surface area contributed by atoms with E-state index in [1.54, 1.807) is 0 Å². The molecule has 0 saturated heterocycles. The molecule has 9 nitrogen and oxygen atoms in total. The molecule has 0 aliphatic carbocycles. The minimum atomic E-state index is -0.0736. The lowest BCUT2D eigenvalue weighted by molar-refractivity contribution is -0.00547. The Labute approximate surface area is 125 Å². The van der Waals surface area contributed by atoms with Gasteiger partial charge in [-0.15, -0.1) is 0 Å². The molecule has 128 valence electrons. The molecular formula is C12H30N4O5. The average Bonchev–Trinajstić information content (AvgIpc) is 2.51. The van der Waals surface area contributed by atoms with Gasteiger partial charge in [0.05, 0.1) is 12.2 Å². The molecule has 21 heavy (non-hydrogen) atoms. The number of hydrogen-bond acceptors (Lipinski definition) is 9. The van der Waals surface area contributed by atoms with E-state index in [1.807, 2.05) is 0 Å². The van der Waals surface area contributed by atoms with Gasteiger partial charge in [0, 0.05) is 26.3 Å². The molecular weight excluding hydrogens is 280 g/mol. The van der Waals surface area contributed by atoms with Gasteiger partial charge in [-0.25, -0.2) is 22.8 Å². The van der Waals surface area contributed by atoms with Gasteiger partial charge < -0.3 is 24.8 Å². The first-order chi connectivity index (χ1) is 10.3. The number of hydroxylamine groups is 2. The number of hydrogen-bond donors (Lipinski definition) is 6. The molecule has 0 aliphatic rings. The van der Waals surface area contributed by atoms with Crippen LogP contribution in [0.5, 0.6) is 0 Å². The van der Waals surface area contributed by atoms with Gasteiger partial charge in [-0.1, -0.05) is 0 Å². The zero-order valence-corrected chi connectivity index (χ0v) is 12.5. The lowest BCUT2D eigenvalue weighted by atomic mass is 10.1. The van der Waals surface area contributed by atoms with E-state index in [2.05, 4.69) is 11.0 Å². The standard InChI is InChI=1S/C12H30N4O5/c13-20-11(3-1-7-15-17)5-9-19-10-6-12(21-14)4-2-8-16-18/h11-12,15-18H,1-10,13-14H2. The predicted molar refractivity (Wildman–Crippen MR) is 76.2 cm³/mol. The van der Waals surface area contributed by atoms with Gasteiger partial charge in [-0.05, 0) is 38.5 Å². The summed E-state index contributed by atoms with van der Waals surface area (Å²) in [4.78, 5) is 9.69. The SMILES string of the molecule is NOC(CCCNO)CCOCCC(CCCNO)ON. The van der Waals surface area contributed by atoms with E-state index in [0.29, 0.717) is 39.1 Å². The van der Waals surface area contributed by atoms with E-state index in [-0.39, 0.29) is 12.2 Å². The second kappa shape index (κ2) is 16.0. The largest absolute Gasteiger partial charge is 0.381 e. The molecule has 2 unspecified atom stereocenters. The summed E-state index contributed by atoms with van der Waals surface area (Å²) in [5.74, 6) is 10.4. The maximum atomic E-state index is 8.46. The van der Waals surface area contributed by atoms with Crippen LogP contribution in [-0.4, -0.2) is 48.9 Å². The fourth-order valence-corrected chi connectivity index (χ4v) is 1.91. The molecule has 0 amide bonds. The third kappa shape index (κ3) is 13.1. The number of nitrogens with two attached hydrogens (primary N) is 2. The third-order valence-electron chi connectivity index (χ3n) is 3.18. The van der Waals surface area contributed by atoms with E-state index < -0.39 is 0 Å². The second-order valence-electron chi connectivity index (χ2n) is 4.81. The van der Waals surface area contributed by atoms with Crippen LogP contribution in [0.1, 0.15) is 38.5 Å². The van der Waals surface area contributed by atoms with Crippen LogP contribution in [0.15, 0.2) is 0 Å². The van der Waals surface area contributed by atoms with Crippen molar-refractivity contribution in [2.24, 2.45) is 11.8 Å². The summed E-state index contributed by atoms with van der Waals surface area (Å²) < 4.78 is 5.51. The number of nitrogens with one attached hydrogen (secondary N) is 2. The van der Waals surface area contributed by atoms with Crippen LogP contribution in [0.3, 0.4) is 0 Å². The lowest BCUT2D eigenvalue weighted by Crippen LogP contribution is -2.23. The van der Waals surface area contributed by atoms with Gasteiger partial charge in [-0.3, -0.25) is 0 Å². The Kier molecular flexibility index (Phi) is 15.7. The molecule has 0 rings (SSSR count). The zero-order chi connectivity index (χ0) is 15.8. The minimum Gasteiger partial charge on any atom is -0.381 e. The highest BCUT2D eigenvalue weighted by Gasteiger charge is 2.10. The van der Waals surface area contributed by atoms with Gasteiger partial charge in [0.25, 0.3) is 0 Å². The highest BCUT2D eigenvalue weighted by molar-refractivity contribution is 4.60. The summed E-state index contributed by atoms with van der Waals surface area (Å²) >= 11 is 0. The van der Waals surface area contributed by atoms with Crippen molar-refractivity contribution in [1.29, 1.82) is 0 Å². The molecule has 0 aromatic heterocycles. The molecule has 2 atom stereocenters. The van der Waals surface area contributed by atoms with Crippen molar-refractivity contribution < 1.29 is 24.8 Å². The second-order valence-corrected chi connectivity index (χ2v) is 4.81. The van der Waals surface area contributed by atoms with Crippen molar-refractivity contribution in [3.63, 3.8) is 0 Å². The molecule has 8 N–H and O–H groups in total. The molecule has 0 aromatic rings. The normalized spacial score (nSPS) is 14.3. The first-order valence-corrected chi connectivity index (χ1v) is 7.31. The average molecular weight is 310 g/mol. The van der Waals surface area contributed by atoms with Crippen LogP contribution in [0.25, 0.3) is 0 Å². The van der Waals surface area contributed by atoms with E-state index in [9.17, 15) is 0 Å². The van der Waals surface area contributed by atoms with E-state index in [0.717, 1.165) is 25.7 Å². The third-order valence-corrected chi connectivity index (χ3v) is 3.18. The van der Waals surface area contributed by atoms with Crippen molar-refractivity contribution in [3.05, 3.63) is 0 Å². The van der Waals surface area contributed by atoms with Crippen LogP contribution in [-0.2, 0) is 14.4 Å². The zero-order valence-electron chi connectivity index (χ0n) is 12.5. The summed E-state index contributed by atoms with van der Waals surface area (Å²) in [6, 6.07) is 0. The van der Waals surface area contributed by atoms with E-state index in [4.69, 9.17) is 36.6 Å². The van der Waals surface area contributed by atoms with Crippen LogP contribution in [0.4, 0.5) is 0 Å². The predicted octanol–water partition coefficient (Wildman–Crippen LogP) is -0.181. The van der Waals surface area contributed by atoms with Crippen LogP contribution in [0, 0.1) is 0 Å². The summed E-state index contributed by atoms with van der Waals surface area (Å²) in [6.45, 7) is 2.12. The number of ether oxygens (including phenoxy) is 1. The van der Waals surface area contributed by atoms with Gasteiger partial charge in [0.15, 0.2) is 0 Å². The van der Waals surface area contributed by atoms with Crippen LogP contribution in [0.2, 0.25) is 0 Å². The Morgan fingerprint density at radius 3 is 1.52 bits per heavy atom. The summed E-state index contributed by atoms with van der Waals surface area (Å²) in [7, 11) is 0. The van der Waals surface area contributed by atoms with Crippen molar-refractivity contribution in [1.82, 2.24) is 11.0 Å². The Hall–Kier alpha value is -0.360. The van der Waals surface area contributed by atoms with Crippen molar-refractivity contribution in [2.75, 3.05) is 26.3 Å². The topological polar surface area (TPSA) is 144 Å². The molecule has 0 aromatic carbocycles. The molecule has 0 aliphatic heterocycles. The fraction of sp³-hybridized carbons (Fsp3) is 1.00. The molecule has 0 saturated carbocycles. The molecule has 0 bridgehead atoms. The lowest BCUT2D eigenvalue weighted by Gasteiger charge is -2.16. The first kappa shape index (κ1) is 20.6. The Balaban J connectivity index is 3.53. The molecule has 0 heterocycles. The Morgan fingerprint density at radius 1 is 0.762 bits per heavy atom. The molecule has 0 spiro atoms. The summed E-state index contributed by atoms with van der Waals surface area (Å²) in [5, 5.41) is 16.9. The van der Waals surface area contributed by atoms with E-state index >= 15 is 0 Å². The van der Waals surface area contributed by atoms with Crippen LogP contribution < -0.4 is 22.8 Å². The Bertz CT molecular complexity index is 194. The molecule has 0 fully saturated rings. The van der Waals surface area contributed by atoms with Crippen molar-refractivity contribution >= 4 is 0 Å². The van der Waals surface area contributed by atoms with Crippen LogP contribution >= 0.6 is 0 Å². The quantitative estimate of drug-likeness (QED) is 0.169. The fourth-order valence-electron chi connectivity index (χ4n) is 1.91. The highest BCUT2D eigenvalue weighted by Crippen LogP contribution is 2.07.